The van der Waals surface area contributed by atoms with E-state index in [4.69, 9.17) is 14.6 Å². The van der Waals surface area contributed by atoms with Crippen molar-refractivity contribution >= 4 is 48.9 Å². The van der Waals surface area contributed by atoms with E-state index in [-0.39, 0.29) is 12.3 Å². The Morgan fingerprint density at radius 2 is 2.00 bits per heavy atom. The highest BCUT2D eigenvalue weighted by Crippen LogP contribution is 2.51. The van der Waals surface area contributed by atoms with E-state index in [1.54, 1.807) is 18.4 Å². The number of hydrogen-bond acceptors (Lipinski definition) is 5. The fraction of sp³-hybridized carbons (Fsp3) is 0.190. The summed E-state index contributed by atoms with van der Waals surface area (Å²) in [7, 11) is 1.67. The lowest BCUT2D eigenvalue weighted by atomic mass is 9.97. The zero-order valence-corrected chi connectivity index (χ0v) is 18.9. The predicted octanol–water partition coefficient (Wildman–Crippen LogP) is 6.52. The van der Waals surface area contributed by atoms with E-state index in [0.717, 1.165) is 43.7 Å². The monoisotopic (exact) mass is 518 g/mol. The van der Waals surface area contributed by atoms with E-state index < -0.39 is 0 Å². The minimum absolute atomic E-state index is 0.127. The second-order valence-corrected chi connectivity index (χ2v) is 9.39. The van der Waals surface area contributed by atoms with Crippen LogP contribution in [0.2, 0.25) is 0 Å². The van der Waals surface area contributed by atoms with Gasteiger partial charge in [0.25, 0.3) is 0 Å². The van der Waals surface area contributed by atoms with Crippen LogP contribution in [0.4, 0.5) is 0 Å². The lowest BCUT2D eigenvalue weighted by Crippen LogP contribution is -2.33. The van der Waals surface area contributed by atoms with Crippen LogP contribution in [-0.4, -0.2) is 17.8 Å². The summed E-state index contributed by atoms with van der Waals surface area (Å²) in [6, 6.07) is 16.5. The summed E-state index contributed by atoms with van der Waals surface area (Å²) in [5.41, 5.74) is 3.29. The fourth-order valence-corrected chi connectivity index (χ4v) is 5.77. The van der Waals surface area contributed by atoms with Crippen molar-refractivity contribution in [3.05, 3.63) is 78.9 Å². The van der Waals surface area contributed by atoms with E-state index in [0.29, 0.717) is 0 Å². The molecule has 0 saturated carbocycles. The summed E-state index contributed by atoms with van der Waals surface area (Å²) >= 11 is 9.01. The standard InChI is InChI=1S/C21H16Br2N2O2S/c1-26-14-6-4-12(5-7-14)21-25-18(11-17(24-25)19-3-2-8-28-19)15-9-13(22)10-16(23)20(15)27-21/h2-10,18,21H,11H2,1H3/t18-,21+/m0/s1. The maximum atomic E-state index is 6.47. The lowest BCUT2D eigenvalue weighted by Gasteiger charge is -2.38. The molecule has 1 aromatic heterocycles. The SMILES string of the molecule is COc1ccc([C@H]2Oc3c(Br)cc(Br)cc3[C@@H]3CC(c4cccs4)=NN23)cc1. The molecule has 3 aromatic rings. The highest BCUT2D eigenvalue weighted by Gasteiger charge is 2.42. The van der Waals surface area contributed by atoms with Crippen molar-refractivity contribution < 1.29 is 9.47 Å². The van der Waals surface area contributed by atoms with Crippen LogP contribution in [-0.2, 0) is 0 Å². The molecule has 3 heterocycles. The summed E-state index contributed by atoms with van der Waals surface area (Å²) in [6.07, 6.45) is 0.560. The van der Waals surface area contributed by atoms with E-state index in [1.165, 1.54) is 4.88 Å². The van der Waals surface area contributed by atoms with Crippen molar-refractivity contribution in [2.75, 3.05) is 7.11 Å². The first kappa shape index (κ1) is 18.2. The third kappa shape index (κ3) is 3.06. The molecule has 2 aromatic carbocycles. The number of rotatable bonds is 3. The molecular formula is C21H16Br2N2O2S. The first-order chi connectivity index (χ1) is 13.6. The molecule has 2 atom stereocenters. The molecule has 142 valence electrons. The predicted molar refractivity (Wildman–Crippen MR) is 118 cm³/mol. The van der Waals surface area contributed by atoms with Gasteiger partial charge in [-0.25, -0.2) is 5.01 Å². The molecular weight excluding hydrogens is 504 g/mol. The number of hydrazone groups is 1. The van der Waals surface area contributed by atoms with Gasteiger partial charge in [0, 0.05) is 22.0 Å². The Morgan fingerprint density at radius 3 is 2.71 bits per heavy atom. The van der Waals surface area contributed by atoms with Crippen molar-refractivity contribution in [2.24, 2.45) is 5.10 Å². The van der Waals surface area contributed by atoms with E-state index in [9.17, 15) is 0 Å². The molecule has 4 nitrogen and oxygen atoms in total. The van der Waals surface area contributed by atoms with Crippen LogP contribution in [0.5, 0.6) is 11.5 Å². The van der Waals surface area contributed by atoms with Crippen LogP contribution in [0.15, 0.2) is 68.0 Å². The van der Waals surface area contributed by atoms with E-state index >= 15 is 0 Å². The molecule has 0 radical (unpaired) electrons. The number of fused-ring (bicyclic) bond motifs is 3. The lowest BCUT2D eigenvalue weighted by molar-refractivity contribution is -0.0197. The minimum Gasteiger partial charge on any atom is -0.497 e. The van der Waals surface area contributed by atoms with Gasteiger partial charge in [-0.2, -0.15) is 5.10 Å². The Balaban J connectivity index is 1.62. The summed E-state index contributed by atoms with van der Waals surface area (Å²) in [4.78, 5) is 1.21. The quantitative estimate of drug-likeness (QED) is 0.394. The molecule has 0 bridgehead atoms. The Labute approximate surface area is 184 Å². The van der Waals surface area contributed by atoms with Crippen molar-refractivity contribution in [1.29, 1.82) is 0 Å². The smallest absolute Gasteiger partial charge is 0.213 e. The first-order valence-corrected chi connectivity index (χ1v) is 11.3. The summed E-state index contributed by atoms with van der Waals surface area (Å²) in [5, 5.41) is 9.17. The number of hydrogen-bond donors (Lipinski definition) is 0. The van der Waals surface area contributed by atoms with Gasteiger partial charge in [-0.1, -0.05) is 22.0 Å². The molecule has 2 aliphatic heterocycles. The van der Waals surface area contributed by atoms with Gasteiger partial charge in [-0.3, -0.25) is 0 Å². The number of halogens is 2. The first-order valence-electron chi connectivity index (χ1n) is 8.83. The second kappa shape index (κ2) is 7.21. The number of thiophene rings is 1. The van der Waals surface area contributed by atoms with Gasteiger partial charge in [-0.15, -0.1) is 11.3 Å². The Kier molecular flexibility index (Phi) is 4.69. The van der Waals surface area contributed by atoms with E-state index in [2.05, 4.69) is 60.4 Å². The molecule has 0 N–H and O–H groups in total. The van der Waals surface area contributed by atoms with Crippen LogP contribution in [0, 0.1) is 0 Å². The third-order valence-electron chi connectivity index (χ3n) is 5.01. The average molecular weight is 520 g/mol. The van der Waals surface area contributed by atoms with E-state index in [1.807, 2.05) is 30.3 Å². The molecule has 0 amide bonds. The second-order valence-electron chi connectivity index (χ2n) is 6.67. The van der Waals surface area contributed by atoms with Crippen LogP contribution < -0.4 is 9.47 Å². The molecule has 0 spiro atoms. The van der Waals surface area contributed by atoms with Gasteiger partial charge in [0.15, 0.2) is 0 Å². The molecule has 0 fully saturated rings. The van der Waals surface area contributed by atoms with Crippen LogP contribution in [0.25, 0.3) is 0 Å². The molecule has 0 unspecified atom stereocenters. The molecule has 5 rings (SSSR count). The van der Waals surface area contributed by atoms with Crippen molar-refractivity contribution in [1.82, 2.24) is 5.01 Å². The molecule has 2 aliphatic rings. The maximum absolute atomic E-state index is 6.47. The van der Waals surface area contributed by atoms with Gasteiger partial charge in [0.05, 0.1) is 28.2 Å². The zero-order valence-electron chi connectivity index (χ0n) is 14.9. The van der Waals surface area contributed by atoms with Crippen molar-refractivity contribution in [3.8, 4) is 11.5 Å². The Morgan fingerprint density at radius 1 is 1.18 bits per heavy atom. The number of ether oxygens (including phenoxy) is 2. The van der Waals surface area contributed by atoms with Crippen LogP contribution in [0.1, 0.15) is 34.7 Å². The van der Waals surface area contributed by atoms with Crippen LogP contribution in [0.3, 0.4) is 0 Å². The zero-order chi connectivity index (χ0) is 19.3. The molecule has 28 heavy (non-hydrogen) atoms. The van der Waals surface area contributed by atoms with Gasteiger partial charge in [0.2, 0.25) is 6.23 Å². The van der Waals surface area contributed by atoms with Gasteiger partial charge in [0.1, 0.15) is 11.5 Å². The molecule has 0 saturated heterocycles. The molecule has 7 heteroatoms. The average Bonchev–Trinajstić information content (AvgIpc) is 3.37. The third-order valence-corrected chi connectivity index (χ3v) is 6.98. The van der Waals surface area contributed by atoms with Crippen LogP contribution >= 0.6 is 43.2 Å². The highest BCUT2D eigenvalue weighted by atomic mass is 79.9. The topological polar surface area (TPSA) is 34.1 Å². The summed E-state index contributed by atoms with van der Waals surface area (Å²) in [6.45, 7) is 0. The number of benzene rings is 2. The molecule has 0 aliphatic carbocycles. The Hall–Kier alpha value is -1.83. The number of methoxy groups -OCH3 is 1. The van der Waals surface area contributed by atoms with Gasteiger partial charge in [-0.05, 0) is 63.8 Å². The van der Waals surface area contributed by atoms with Gasteiger partial charge < -0.3 is 9.47 Å². The van der Waals surface area contributed by atoms with Crippen molar-refractivity contribution in [3.63, 3.8) is 0 Å². The number of nitrogens with zero attached hydrogens (tertiary/aromatic N) is 2. The highest BCUT2D eigenvalue weighted by molar-refractivity contribution is 9.11. The largest absolute Gasteiger partial charge is 0.497 e. The summed E-state index contributed by atoms with van der Waals surface area (Å²) in [5.74, 6) is 1.71. The minimum atomic E-state index is -0.293. The maximum Gasteiger partial charge on any atom is 0.213 e. The fourth-order valence-electron chi connectivity index (χ4n) is 3.69. The normalized spacial score (nSPS) is 20.2. The van der Waals surface area contributed by atoms with Gasteiger partial charge >= 0.3 is 0 Å². The van der Waals surface area contributed by atoms with Crippen molar-refractivity contribution in [2.45, 2.75) is 18.7 Å². The Bertz CT molecular complexity index is 1050. The summed E-state index contributed by atoms with van der Waals surface area (Å²) < 4.78 is 13.7.